The van der Waals surface area contributed by atoms with Gasteiger partial charge in [0, 0.05) is 6.42 Å². The minimum Gasteiger partial charge on any atom is -0.453 e. The molecule has 0 saturated carbocycles. The molecule has 0 amide bonds. The van der Waals surface area contributed by atoms with Gasteiger partial charge in [-0.05, 0) is 31.9 Å². The van der Waals surface area contributed by atoms with Crippen molar-refractivity contribution < 1.29 is 14.3 Å². The summed E-state index contributed by atoms with van der Waals surface area (Å²) >= 11 is 4.80. The van der Waals surface area contributed by atoms with Crippen LogP contribution in [0.3, 0.4) is 0 Å². The maximum absolute atomic E-state index is 12.1. The third kappa shape index (κ3) is 22.6. The Bertz CT molecular complexity index is 425. The summed E-state index contributed by atoms with van der Waals surface area (Å²) in [6, 6.07) is 0. The van der Waals surface area contributed by atoms with Crippen molar-refractivity contribution in [3.63, 3.8) is 0 Å². The van der Waals surface area contributed by atoms with Gasteiger partial charge < -0.3 is 4.74 Å². The van der Waals surface area contributed by atoms with E-state index in [9.17, 15) is 9.59 Å². The number of carbonyl (C=O) groups is 2. The average Bonchev–Trinajstić information content (AvgIpc) is 2.77. The van der Waals surface area contributed by atoms with Crippen molar-refractivity contribution in [3.05, 3.63) is 0 Å². The zero-order chi connectivity index (χ0) is 23.7. The molecule has 0 heterocycles. The highest BCUT2D eigenvalue weighted by atomic mass is 32.1. The highest BCUT2D eigenvalue weighted by Crippen LogP contribution is 2.16. The topological polar surface area (TPSA) is 43.4 Å². The van der Waals surface area contributed by atoms with Crippen molar-refractivity contribution in [3.8, 4) is 0 Å². The van der Waals surface area contributed by atoms with E-state index in [1.165, 1.54) is 109 Å². The van der Waals surface area contributed by atoms with E-state index in [0.717, 1.165) is 25.7 Å². The van der Waals surface area contributed by atoms with E-state index >= 15 is 0 Å². The number of ether oxygens (including phenoxy) is 1. The van der Waals surface area contributed by atoms with Gasteiger partial charge in [-0.2, -0.15) is 0 Å². The quantitative estimate of drug-likeness (QED) is 0.0987. The summed E-state index contributed by atoms with van der Waals surface area (Å²) < 4.78 is 5.39. The second-order valence-corrected chi connectivity index (χ2v) is 9.96. The van der Waals surface area contributed by atoms with Crippen molar-refractivity contribution in [2.24, 2.45) is 0 Å². The Morgan fingerprint density at radius 2 is 0.906 bits per heavy atom. The van der Waals surface area contributed by atoms with Gasteiger partial charge in [0.2, 0.25) is 0 Å². The van der Waals surface area contributed by atoms with Crippen LogP contribution in [0.25, 0.3) is 0 Å². The smallest absolute Gasteiger partial charge is 0.306 e. The Labute approximate surface area is 205 Å². The molecular weight excluding hydrogens is 416 g/mol. The first kappa shape index (κ1) is 31.4. The lowest BCUT2D eigenvalue weighted by molar-refractivity contribution is -0.153. The lowest BCUT2D eigenvalue weighted by Gasteiger charge is -2.14. The fourth-order valence-corrected chi connectivity index (χ4v) is 4.36. The molecule has 0 bridgehead atoms. The number of unbranched alkanes of at least 4 members (excludes halogenated alkanes) is 19. The third-order valence-corrected chi connectivity index (χ3v) is 6.60. The molecule has 1 atom stereocenters. The Morgan fingerprint density at radius 1 is 0.562 bits per heavy atom. The van der Waals surface area contributed by atoms with Gasteiger partial charge in [0.25, 0.3) is 5.12 Å². The molecular formula is C28H53O3S. The molecule has 3 nitrogen and oxygen atoms in total. The molecule has 0 fully saturated rings. The van der Waals surface area contributed by atoms with Crippen molar-refractivity contribution in [1.29, 1.82) is 0 Å². The van der Waals surface area contributed by atoms with E-state index < -0.39 is 11.2 Å². The van der Waals surface area contributed by atoms with Crippen LogP contribution >= 0.6 is 12.6 Å². The SMILES string of the molecule is CCCCCCCCCCCCCC(=O)OC(CCCCCCCCCCCC)C(=O)[S]. The predicted octanol–water partition coefficient (Wildman–Crippen LogP) is 9.63. The molecule has 32 heavy (non-hydrogen) atoms. The number of esters is 1. The lowest BCUT2D eigenvalue weighted by atomic mass is 10.0. The van der Waals surface area contributed by atoms with Gasteiger partial charge in [0.15, 0.2) is 6.10 Å². The Kier molecular flexibility index (Phi) is 24.5. The summed E-state index contributed by atoms with van der Waals surface area (Å²) in [6.45, 7) is 4.50. The first-order valence-corrected chi connectivity index (χ1v) is 14.4. The molecule has 0 aromatic rings. The summed E-state index contributed by atoms with van der Waals surface area (Å²) in [5.74, 6) is -0.254. The van der Waals surface area contributed by atoms with E-state index in [0.29, 0.717) is 12.8 Å². The molecule has 189 valence electrons. The normalized spacial score (nSPS) is 12.1. The highest BCUT2D eigenvalue weighted by molar-refractivity contribution is 7.96. The van der Waals surface area contributed by atoms with E-state index in [1.807, 2.05) is 0 Å². The standard InChI is InChI=1S/C28H53O3S/c1-3-5-7-9-11-13-15-17-19-21-23-25-27(29)31-26(28(30)32)24-22-20-18-16-14-12-10-8-6-4-2/h26H,3-25H2,1-2H3. The van der Waals surface area contributed by atoms with E-state index in [1.54, 1.807) is 0 Å². The second-order valence-electron chi connectivity index (χ2n) is 9.55. The largest absolute Gasteiger partial charge is 0.453 e. The van der Waals surface area contributed by atoms with Crippen LogP contribution in [0.2, 0.25) is 0 Å². The molecule has 0 aromatic carbocycles. The molecule has 0 rings (SSSR count). The highest BCUT2D eigenvalue weighted by Gasteiger charge is 2.20. The molecule has 0 aromatic heterocycles. The van der Waals surface area contributed by atoms with E-state index in [4.69, 9.17) is 17.4 Å². The molecule has 0 aliphatic carbocycles. The second kappa shape index (κ2) is 25.0. The summed E-state index contributed by atoms with van der Waals surface area (Å²) in [5, 5.41) is -0.423. The summed E-state index contributed by atoms with van der Waals surface area (Å²) in [4.78, 5) is 23.7. The van der Waals surface area contributed by atoms with Crippen molar-refractivity contribution in [2.45, 2.75) is 168 Å². The van der Waals surface area contributed by atoms with E-state index in [2.05, 4.69) is 13.8 Å². The Hall–Kier alpha value is -0.640. The zero-order valence-corrected chi connectivity index (χ0v) is 22.3. The summed E-state index contributed by atoms with van der Waals surface area (Å²) in [7, 11) is 0. The predicted molar refractivity (Wildman–Crippen MR) is 140 cm³/mol. The van der Waals surface area contributed by atoms with Crippen LogP contribution in [0, 0.1) is 0 Å². The van der Waals surface area contributed by atoms with Gasteiger partial charge in [-0.15, -0.1) is 0 Å². The monoisotopic (exact) mass is 469 g/mol. The number of rotatable bonds is 25. The van der Waals surface area contributed by atoms with Crippen LogP contribution in [0.1, 0.15) is 162 Å². The van der Waals surface area contributed by atoms with Crippen molar-refractivity contribution in [1.82, 2.24) is 0 Å². The van der Waals surface area contributed by atoms with Crippen molar-refractivity contribution >= 4 is 23.7 Å². The molecule has 1 radical (unpaired) electrons. The summed E-state index contributed by atoms with van der Waals surface area (Å²) in [5.41, 5.74) is 0. The Morgan fingerprint density at radius 3 is 1.28 bits per heavy atom. The third-order valence-electron chi connectivity index (χ3n) is 6.34. The first-order chi connectivity index (χ1) is 15.6. The average molecular weight is 470 g/mol. The van der Waals surface area contributed by atoms with E-state index in [-0.39, 0.29) is 5.97 Å². The van der Waals surface area contributed by atoms with Crippen molar-refractivity contribution in [2.75, 3.05) is 0 Å². The maximum atomic E-state index is 12.1. The molecule has 0 aliphatic rings. The molecule has 1 unspecified atom stereocenters. The maximum Gasteiger partial charge on any atom is 0.306 e. The van der Waals surface area contributed by atoms with Crippen LogP contribution < -0.4 is 0 Å². The minimum absolute atomic E-state index is 0.254. The van der Waals surface area contributed by atoms with Crippen LogP contribution in [0.4, 0.5) is 0 Å². The Balaban J connectivity index is 3.60. The van der Waals surface area contributed by atoms with Gasteiger partial charge in [-0.1, -0.05) is 136 Å². The van der Waals surface area contributed by atoms with Gasteiger partial charge in [0.05, 0.1) is 0 Å². The molecule has 0 N–H and O–H groups in total. The fraction of sp³-hybridized carbons (Fsp3) is 0.929. The lowest BCUT2D eigenvalue weighted by Crippen LogP contribution is -2.24. The first-order valence-electron chi connectivity index (χ1n) is 14.0. The molecule has 0 aliphatic heterocycles. The van der Waals surface area contributed by atoms with Gasteiger partial charge >= 0.3 is 5.97 Å². The number of hydrogen-bond acceptors (Lipinski definition) is 3. The van der Waals surface area contributed by atoms with Gasteiger partial charge in [-0.3, -0.25) is 9.59 Å². The number of carbonyl (C=O) groups excluding carboxylic acids is 2. The van der Waals surface area contributed by atoms with Crippen LogP contribution in [0.5, 0.6) is 0 Å². The molecule has 4 heteroatoms. The van der Waals surface area contributed by atoms with Crippen LogP contribution in [-0.4, -0.2) is 17.2 Å². The van der Waals surface area contributed by atoms with Gasteiger partial charge in [-0.25, -0.2) is 0 Å². The fourth-order valence-electron chi connectivity index (χ4n) is 4.19. The number of hydrogen-bond donors (Lipinski definition) is 0. The summed E-state index contributed by atoms with van der Waals surface area (Å²) in [6.07, 6.45) is 26.6. The van der Waals surface area contributed by atoms with Gasteiger partial charge in [0.1, 0.15) is 0 Å². The minimum atomic E-state index is -0.709. The molecule has 0 saturated heterocycles. The van der Waals surface area contributed by atoms with Crippen LogP contribution in [0.15, 0.2) is 0 Å². The van der Waals surface area contributed by atoms with Crippen LogP contribution in [-0.2, 0) is 14.3 Å². The molecule has 0 spiro atoms. The zero-order valence-electron chi connectivity index (χ0n) is 21.5.